The molecular formula is C27H28ClN3O7S2. The maximum Gasteiger partial charge on any atom is 0.344 e. The molecule has 10 nitrogen and oxygen atoms in total. The van der Waals surface area contributed by atoms with Crippen LogP contribution in [0, 0.1) is 0 Å². The third kappa shape index (κ3) is 8.90. The van der Waals surface area contributed by atoms with Crippen molar-refractivity contribution in [3.8, 4) is 11.5 Å². The van der Waals surface area contributed by atoms with Gasteiger partial charge in [0.25, 0.3) is 15.9 Å². The van der Waals surface area contributed by atoms with E-state index in [9.17, 15) is 18.0 Å². The third-order valence-corrected chi connectivity index (χ3v) is 7.80. The molecule has 40 heavy (non-hydrogen) atoms. The van der Waals surface area contributed by atoms with E-state index in [2.05, 4.69) is 10.5 Å². The van der Waals surface area contributed by atoms with Crippen LogP contribution in [0.2, 0.25) is 5.02 Å². The number of hydrazone groups is 1. The summed E-state index contributed by atoms with van der Waals surface area (Å²) < 4.78 is 43.7. The molecule has 3 aromatic carbocycles. The molecule has 3 rings (SSSR count). The van der Waals surface area contributed by atoms with Gasteiger partial charge in [-0.25, -0.2) is 18.6 Å². The van der Waals surface area contributed by atoms with Crippen molar-refractivity contribution in [2.24, 2.45) is 5.10 Å². The van der Waals surface area contributed by atoms with Crippen molar-refractivity contribution in [2.75, 3.05) is 43.2 Å². The van der Waals surface area contributed by atoms with Gasteiger partial charge in [-0.1, -0.05) is 29.8 Å². The molecule has 1 amide bonds. The van der Waals surface area contributed by atoms with E-state index in [1.54, 1.807) is 60.3 Å². The van der Waals surface area contributed by atoms with Crippen LogP contribution in [0.15, 0.2) is 82.8 Å². The topological polar surface area (TPSA) is 124 Å². The van der Waals surface area contributed by atoms with Crippen LogP contribution in [-0.4, -0.2) is 65.4 Å². The second kappa shape index (κ2) is 15.2. The van der Waals surface area contributed by atoms with Crippen molar-refractivity contribution < 1.29 is 32.2 Å². The van der Waals surface area contributed by atoms with Gasteiger partial charge in [0.2, 0.25) is 0 Å². The Morgan fingerprint density at radius 2 is 1.80 bits per heavy atom. The molecule has 0 saturated heterocycles. The van der Waals surface area contributed by atoms with Crippen molar-refractivity contribution in [3.63, 3.8) is 0 Å². The Hall–Kier alpha value is -3.74. The average Bonchev–Trinajstić information content (AvgIpc) is 2.96. The fourth-order valence-electron chi connectivity index (χ4n) is 3.29. The number of carbonyl (C=O) groups is 2. The number of nitrogens with zero attached hydrogens (tertiary/aromatic N) is 2. The van der Waals surface area contributed by atoms with Crippen molar-refractivity contribution in [2.45, 2.75) is 4.90 Å². The molecule has 0 spiro atoms. The van der Waals surface area contributed by atoms with Gasteiger partial charge >= 0.3 is 5.97 Å². The first-order valence-corrected chi connectivity index (χ1v) is 15.1. The number of esters is 1. The van der Waals surface area contributed by atoms with E-state index in [1.807, 2.05) is 6.26 Å². The van der Waals surface area contributed by atoms with E-state index in [0.29, 0.717) is 23.7 Å². The predicted molar refractivity (Wildman–Crippen MR) is 156 cm³/mol. The van der Waals surface area contributed by atoms with E-state index < -0.39 is 28.4 Å². The minimum absolute atomic E-state index is 0.0103. The Bertz CT molecular complexity index is 1420. The van der Waals surface area contributed by atoms with Crippen molar-refractivity contribution in [1.82, 2.24) is 5.43 Å². The van der Waals surface area contributed by atoms with E-state index in [1.165, 1.54) is 37.6 Å². The number of hydrogen-bond donors (Lipinski definition) is 1. The highest BCUT2D eigenvalue weighted by atomic mass is 35.5. The standard InChI is InChI=1S/C27H28ClN3O7S2/c1-36-25-13-10-21(28)16-24(25)31(40(34,35)23-6-4-3-5-7-23)18-26(32)30-29-17-20-8-11-22(12-9-20)38-19-27(33)37-14-15-39-2/h3-13,16-17H,14-15,18-19H2,1-2H3,(H,30,32)/b29-17-. The number of amides is 1. The highest BCUT2D eigenvalue weighted by Gasteiger charge is 2.29. The zero-order valence-electron chi connectivity index (χ0n) is 21.8. The second-order valence-corrected chi connectivity index (χ2v) is 11.3. The summed E-state index contributed by atoms with van der Waals surface area (Å²) in [6, 6.07) is 18.8. The molecule has 0 aliphatic carbocycles. The number of nitrogens with one attached hydrogen (secondary N) is 1. The van der Waals surface area contributed by atoms with Crippen LogP contribution in [0.5, 0.6) is 11.5 Å². The second-order valence-electron chi connectivity index (χ2n) is 8.01. The summed E-state index contributed by atoms with van der Waals surface area (Å²) in [6.07, 6.45) is 3.30. The summed E-state index contributed by atoms with van der Waals surface area (Å²) in [6.45, 7) is -0.476. The number of sulfonamides is 1. The minimum atomic E-state index is -4.16. The van der Waals surface area contributed by atoms with Gasteiger partial charge in [0.15, 0.2) is 6.61 Å². The number of thioether (sulfide) groups is 1. The fourth-order valence-corrected chi connectivity index (χ4v) is 5.16. The van der Waals surface area contributed by atoms with Crippen molar-refractivity contribution in [1.29, 1.82) is 0 Å². The normalized spacial score (nSPS) is 11.2. The molecule has 0 bridgehead atoms. The lowest BCUT2D eigenvalue weighted by molar-refractivity contribution is -0.145. The predicted octanol–water partition coefficient (Wildman–Crippen LogP) is 3.98. The number of halogens is 1. The molecule has 0 aliphatic heterocycles. The first-order chi connectivity index (χ1) is 19.2. The SMILES string of the molecule is COc1ccc(Cl)cc1N(CC(=O)N/N=C\c1ccc(OCC(=O)OCCSC)cc1)S(=O)(=O)c1ccccc1. The molecule has 0 atom stereocenters. The maximum absolute atomic E-state index is 13.5. The number of methoxy groups -OCH3 is 1. The van der Waals surface area contributed by atoms with E-state index in [0.717, 1.165) is 4.31 Å². The monoisotopic (exact) mass is 605 g/mol. The van der Waals surface area contributed by atoms with Gasteiger partial charge in [0, 0.05) is 10.8 Å². The molecule has 0 unspecified atom stereocenters. The summed E-state index contributed by atoms with van der Waals surface area (Å²) in [5, 5.41) is 4.19. The molecule has 0 fully saturated rings. The van der Waals surface area contributed by atoms with Gasteiger partial charge in [0.05, 0.1) is 23.9 Å². The number of rotatable bonds is 14. The molecular weight excluding hydrogens is 578 g/mol. The van der Waals surface area contributed by atoms with Gasteiger partial charge in [-0.3, -0.25) is 9.10 Å². The number of benzene rings is 3. The summed E-state index contributed by atoms with van der Waals surface area (Å²) in [5.74, 6) is 0.237. The molecule has 3 aromatic rings. The van der Waals surface area contributed by atoms with Gasteiger partial charge in [0.1, 0.15) is 24.7 Å². The molecule has 0 saturated carbocycles. The smallest absolute Gasteiger partial charge is 0.344 e. The van der Waals surface area contributed by atoms with Crippen LogP contribution in [-0.2, 0) is 24.3 Å². The zero-order chi connectivity index (χ0) is 29.0. The lowest BCUT2D eigenvalue weighted by Crippen LogP contribution is -2.39. The largest absolute Gasteiger partial charge is 0.495 e. The summed E-state index contributed by atoms with van der Waals surface area (Å²) in [4.78, 5) is 24.4. The Kier molecular flexibility index (Phi) is 11.7. The Morgan fingerprint density at radius 1 is 1.07 bits per heavy atom. The van der Waals surface area contributed by atoms with Gasteiger partial charge in [-0.2, -0.15) is 16.9 Å². The first-order valence-electron chi connectivity index (χ1n) is 11.8. The third-order valence-electron chi connectivity index (χ3n) is 5.22. The number of ether oxygens (including phenoxy) is 3. The van der Waals surface area contributed by atoms with E-state index in [-0.39, 0.29) is 28.0 Å². The van der Waals surface area contributed by atoms with Crippen molar-refractivity contribution >= 4 is 57.2 Å². The molecule has 0 heterocycles. The Morgan fingerprint density at radius 3 is 2.48 bits per heavy atom. The first kappa shape index (κ1) is 30.8. The van der Waals surface area contributed by atoms with Crippen LogP contribution >= 0.6 is 23.4 Å². The average molecular weight is 606 g/mol. The lowest BCUT2D eigenvalue weighted by atomic mass is 10.2. The summed E-state index contributed by atoms with van der Waals surface area (Å²) in [7, 11) is -2.78. The van der Waals surface area contributed by atoms with Crippen LogP contribution < -0.4 is 19.2 Å². The lowest BCUT2D eigenvalue weighted by Gasteiger charge is -2.25. The van der Waals surface area contributed by atoms with Gasteiger partial charge in [-0.05, 0) is 66.4 Å². The molecule has 0 aromatic heterocycles. The van der Waals surface area contributed by atoms with Crippen LogP contribution in [0.3, 0.4) is 0 Å². The molecule has 0 radical (unpaired) electrons. The van der Waals surface area contributed by atoms with Gasteiger partial charge < -0.3 is 14.2 Å². The number of anilines is 1. The molecule has 212 valence electrons. The van der Waals surface area contributed by atoms with Crippen LogP contribution in [0.4, 0.5) is 5.69 Å². The molecule has 1 N–H and O–H groups in total. The number of carbonyl (C=O) groups excluding carboxylic acids is 2. The quantitative estimate of drug-likeness (QED) is 0.127. The molecule has 13 heteroatoms. The summed E-state index contributed by atoms with van der Waals surface area (Å²) >= 11 is 7.72. The van der Waals surface area contributed by atoms with Crippen LogP contribution in [0.1, 0.15) is 5.56 Å². The Labute approximate surface area is 242 Å². The van der Waals surface area contributed by atoms with E-state index in [4.69, 9.17) is 25.8 Å². The number of hydrogen-bond acceptors (Lipinski definition) is 9. The highest BCUT2D eigenvalue weighted by Crippen LogP contribution is 2.34. The zero-order valence-corrected chi connectivity index (χ0v) is 24.2. The minimum Gasteiger partial charge on any atom is -0.495 e. The van der Waals surface area contributed by atoms with Crippen molar-refractivity contribution in [3.05, 3.63) is 83.4 Å². The highest BCUT2D eigenvalue weighted by molar-refractivity contribution is 7.98. The Balaban J connectivity index is 1.67. The fraction of sp³-hybridized carbons (Fsp3) is 0.222. The summed E-state index contributed by atoms with van der Waals surface area (Å²) in [5.41, 5.74) is 3.07. The molecule has 0 aliphatic rings. The maximum atomic E-state index is 13.5. The van der Waals surface area contributed by atoms with Crippen LogP contribution in [0.25, 0.3) is 0 Å². The van der Waals surface area contributed by atoms with E-state index >= 15 is 0 Å². The van der Waals surface area contributed by atoms with Gasteiger partial charge in [-0.15, -0.1) is 0 Å².